The first-order chi connectivity index (χ1) is 10.3. The molecule has 0 spiro atoms. The fourth-order valence-electron chi connectivity index (χ4n) is 3.29. The fourth-order valence-corrected chi connectivity index (χ4v) is 3.54. The van der Waals surface area contributed by atoms with Gasteiger partial charge in [-0.2, -0.15) is 0 Å². The molecular weight excluding hydrogens is 315 g/mol. The average Bonchev–Trinajstić information content (AvgIpc) is 3.33. The number of halogens is 2. The molecule has 1 aliphatic heterocycles. The quantitative estimate of drug-likeness (QED) is 0.829. The minimum Gasteiger partial charge on any atom is -0.314 e. The smallest absolute Gasteiger partial charge is 0.0453 e. The summed E-state index contributed by atoms with van der Waals surface area (Å²) in [6.45, 7) is 6.85. The second-order valence-corrected chi connectivity index (χ2v) is 7.04. The maximum absolute atomic E-state index is 6.41. The van der Waals surface area contributed by atoms with Crippen molar-refractivity contribution in [3.63, 3.8) is 0 Å². The van der Waals surface area contributed by atoms with Gasteiger partial charge in [-0.3, -0.25) is 4.90 Å². The van der Waals surface area contributed by atoms with Crippen LogP contribution < -0.4 is 5.32 Å². The van der Waals surface area contributed by atoms with E-state index >= 15 is 0 Å². The van der Waals surface area contributed by atoms with E-state index < -0.39 is 0 Å². The van der Waals surface area contributed by atoms with Gasteiger partial charge in [0.1, 0.15) is 0 Å². The predicted octanol–water partition coefficient (Wildman–Crippen LogP) is 4.29. The third-order valence-electron chi connectivity index (χ3n) is 4.96. The normalized spacial score (nSPS) is 19.9. The number of benzene rings is 1. The molecule has 1 heterocycles. The van der Waals surface area contributed by atoms with Gasteiger partial charge in [0.05, 0.1) is 0 Å². The lowest BCUT2D eigenvalue weighted by molar-refractivity contribution is 0.190. The first-order valence-electron chi connectivity index (χ1n) is 8.48. The van der Waals surface area contributed by atoms with E-state index in [9.17, 15) is 0 Å². The molecule has 1 saturated heterocycles. The van der Waals surface area contributed by atoms with Crippen molar-refractivity contribution in [2.24, 2.45) is 5.92 Å². The van der Waals surface area contributed by atoms with Gasteiger partial charge in [-0.25, -0.2) is 0 Å². The molecule has 22 heavy (non-hydrogen) atoms. The van der Waals surface area contributed by atoms with Crippen LogP contribution in [-0.2, 0) is 13.0 Å². The van der Waals surface area contributed by atoms with Crippen molar-refractivity contribution in [2.45, 2.75) is 51.6 Å². The molecule has 1 aromatic carbocycles. The second-order valence-electron chi connectivity index (χ2n) is 6.63. The molecule has 2 aliphatic rings. The number of likely N-dealkylation sites (tertiary alicyclic amines) is 1. The molecule has 1 aliphatic carbocycles. The number of hydrogen-bond donors (Lipinski definition) is 1. The van der Waals surface area contributed by atoms with Crippen LogP contribution in [0.25, 0.3) is 0 Å². The molecule has 1 aromatic rings. The van der Waals surface area contributed by atoms with E-state index in [1.54, 1.807) is 0 Å². The summed E-state index contributed by atoms with van der Waals surface area (Å²) in [6, 6.07) is 7.04. The van der Waals surface area contributed by atoms with Crippen molar-refractivity contribution in [3.8, 4) is 0 Å². The third kappa shape index (κ3) is 4.86. The van der Waals surface area contributed by atoms with Crippen LogP contribution in [0, 0.1) is 5.92 Å². The van der Waals surface area contributed by atoms with E-state index in [2.05, 4.69) is 29.3 Å². The molecule has 3 rings (SSSR count). The van der Waals surface area contributed by atoms with Crippen molar-refractivity contribution >= 4 is 24.0 Å². The van der Waals surface area contributed by atoms with Crippen LogP contribution in [0.1, 0.15) is 43.7 Å². The first kappa shape index (κ1) is 18.1. The molecule has 0 radical (unpaired) electrons. The van der Waals surface area contributed by atoms with Gasteiger partial charge in [0.25, 0.3) is 0 Å². The molecular formula is C18H28Cl2N2. The average molecular weight is 343 g/mol. The summed E-state index contributed by atoms with van der Waals surface area (Å²) in [4.78, 5) is 2.57. The Balaban J connectivity index is 0.00000176. The van der Waals surface area contributed by atoms with Gasteiger partial charge in [-0.1, -0.05) is 30.7 Å². The van der Waals surface area contributed by atoms with Gasteiger partial charge in [-0.15, -0.1) is 12.4 Å². The molecule has 0 atom stereocenters. The molecule has 2 nitrogen and oxygen atoms in total. The number of aryl methyl sites for hydroxylation is 1. The van der Waals surface area contributed by atoms with Crippen LogP contribution in [0.5, 0.6) is 0 Å². The van der Waals surface area contributed by atoms with E-state index in [0.29, 0.717) is 0 Å². The maximum atomic E-state index is 6.41. The zero-order chi connectivity index (χ0) is 14.7. The van der Waals surface area contributed by atoms with E-state index in [1.165, 1.54) is 56.4 Å². The number of hydrogen-bond acceptors (Lipinski definition) is 2. The summed E-state index contributed by atoms with van der Waals surface area (Å²) >= 11 is 6.41. The molecule has 0 amide bonds. The van der Waals surface area contributed by atoms with E-state index in [0.717, 1.165) is 29.9 Å². The first-order valence-corrected chi connectivity index (χ1v) is 8.86. The molecule has 0 bridgehead atoms. The molecule has 1 N–H and O–H groups in total. The zero-order valence-electron chi connectivity index (χ0n) is 13.5. The van der Waals surface area contributed by atoms with E-state index in [-0.39, 0.29) is 12.4 Å². The summed E-state index contributed by atoms with van der Waals surface area (Å²) in [6.07, 6.45) is 6.50. The summed E-state index contributed by atoms with van der Waals surface area (Å²) in [5.41, 5.74) is 2.74. The standard InChI is InChI=1S/C18H27ClN2.ClH/c1-2-15-4-3-5-18(19)17(15)13-21-10-8-16(9-11-21)20-12-14-6-7-14;/h3-5,14,16,20H,2,6-13H2,1H3;1H. The van der Waals surface area contributed by atoms with Crippen molar-refractivity contribution in [3.05, 3.63) is 34.3 Å². The third-order valence-corrected chi connectivity index (χ3v) is 5.31. The molecule has 0 aromatic heterocycles. The topological polar surface area (TPSA) is 15.3 Å². The SMILES string of the molecule is CCc1cccc(Cl)c1CN1CCC(NCC2CC2)CC1.Cl. The summed E-state index contributed by atoms with van der Waals surface area (Å²) < 4.78 is 0. The van der Waals surface area contributed by atoms with Gasteiger partial charge in [0, 0.05) is 17.6 Å². The van der Waals surface area contributed by atoms with E-state index in [4.69, 9.17) is 11.6 Å². The highest BCUT2D eigenvalue weighted by Gasteiger charge is 2.24. The Hall–Kier alpha value is -0.280. The number of piperidine rings is 1. The highest BCUT2D eigenvalue weighted by atomic mass is 35.5. The largest absolute Gasteiger partial charge is 0.314 e. The van der Waals surface area contributed by atoms with Crippen molar-refractivity contribution in [1.82, 2.24) is 10.2 Å². The molecule has 124 valence electrons. The van der Waals surface area contributed by atoms with Crippen molar-refractivity contribution in [2.75, 3.05) is 19.6 Å². The summed E-state index contributed by atoms with van der Waals surface area (Å²) in [5, 5.41) is 4.68. The van der Waals surface area contributed by atoms with Crippen LogP contribution in [0.15, 0.2) is 18.2 Å². The number of rotatable bonds is 6. The lowest BCUT2D eigenvalue weighted by Crippen LogP contribution is -2.42. The minimum atomic E-state index is 0. The Bertz CT molecular complexity index is 466. The van der Waals surface area contributed by atoms with Gasteiger partial charge >= 0.3 is 0 Å². The summed E-state index contributed by atoms with van der Waals surface area (Å²) in [7, 11) is 0. The predicted molar refractivity (Wildman–Crippen MR) is 97.1 cm³/mol. The lowest BCUT2D eigenvalue weighted by atomic mass is 10.0. The Labute approximate surface area is 146 Å². The Morgan fingerprint density at radius 1 is 1.18 bits per heavy atom. The number of nitrogens with zero attached hydrogens (tertiary/aromatic N) is 1. The van der Waals surface area contributed by atoms with Gasteiger partial charge in [0.2, 0.25) is 0 Å². The Morgan fingerprint density at radius 3 is 2.55 bits per heavy atom. The molecule has 4 heteroatoms. The molecule has 1 saturated carbocycles. The highest BCUT2D eigenvalue weighted by molar-refractivity contribution is 6.31. The Kier molecular flexibility index (Phi) is 7.01. The van der Waals surface area contributed by atoms with Gasteiger partial charge in [0.15, 0.2) is 0 Å². The van der Waals surface area contributed by atoms with Crippen LogP contribution in [0.3, 0.4) is 0 Å². The minimum absolute atomic E-state index is 0. The lowest BCUT2D eigenvalue weighted by Gasteiger charge is -2.33. The van der Waals surface area contributed by atoms with Crippen LogP contribution in [-0.4, -0.2) is 30.6 Å². The van der Waals surface area contributed by atoms with Gasteiger partial charge < -0.3 is 5.32 Å². The van der Waals surface area contributed by atoms with Crippen LogP contribution >= 0.6 is 24.0 Å². The molecule has 2 fully saturated rings. The Morgan fingerprint density at radius 2 is 1.91 bits per heavy atom. The second kappa shape index (κ2) is 8.54. The number of nitrogens with one attached hydrogen (secondary N) is 1. The monoisotopic (exact) mass is 342 g/mol. The molecule has 0 unspecified atom stereocenters. The van der Waals surface area contributed by atoms with Crippen LogP contribution in [0.2, 0.25) is 5.02 Å². The van der Waals surface area contributed by atoms with Crippen molar-refractivity contribution in [1.29, 1.82) is 0 Å². The fraction of sp³-hybridized carbons (Fsp3) is 0.667. The highest BCUT2D eigenvalue weighted by Crippen LogP contribution is 2.28. The van der Waals surface area contributed by atoms with Crippen LogP contribution in [0.4, 0.5) is 0 Å². The van der Waals surface area contributed by atoms with Gasteiger partial charge in [-0.05, 0) is 74.8 Å². The zero-order valence-corrected chi connectivity index (χ0v) is 15.1. The van der Waals surface area contributed by atoms with Crippen molar-refractivity contribution < 1.29 is 0 Å². The van der Waals surface area contributed by atoms with E-state index in [1.807, 2.05) is 6.07 Å². The maximum Gasteiger partial charge on any atom is 0.0453 e. The summed E-state index contributed by atoms with van der Waals surface area (Å²) in [5.74, 6) is 0.985.